The van der Waals surface area contributed by atoms with E-state index in [1.54, 1.807) is 13.0 Å². The molecule has 0 saturated heterocycles. The van der Waals surface area contributed by atoms with E-state index in [9.17, 15) is 10.1 Å². The summed E-state index contributed by atoms with van der Waals surface area (Å²) in [5.41, 5.74) is 1.33. The monoisotopic (exact) mass is 239 g/mol. The molecule has 0 spiro atoms. The van der Waals surface area contributed by atoms with Crippen LogP contribution in [0.25, 0.3) is 11.5 Å². The van der Waals surface area contributed by atoms with Crippen molar-refractivity contribution in [3.8, 4) is 11.5 Å². The maximum Gasteiger partial charge on any atom is 0.313 e. The molecule has 0 amide bonds. The number of halogens is 1. The van der Waals surface area contributed by atoms with E-state index < -0.39 is 4.92 Å². The number of aryl methyl sites for hydroxylation is 1. The minimum atomic E-state index is -0.461. The molecule has 0 bridgehead atoms. The molecule has 6 nitrogen and oxygen atoms in total. The van der Waals surface area contributed by atoms with Crippen LogP contribution in [0.3, 0.4) is 0 Å². The van der Waals surface area contributed by atoms with Gasteiger partial charge in [0, 0.05) is 17.7 Å². The van der Waals surface area contributed by atoms with Gasteiger partial charge in [0.1, 0.15) is 0 Å². The number of nitro groups is 1. The van der Waals surface area contributed by atoms with Crippen LogP contribution in [0, 0.1) is 17.0 Å². The SMILES string of the molecule is Cc1cc([N+](=O)[O-])ccc1-c1nnc(Cl)o1. The zero-order valence-corrected chi connectivity index (χ0v) is 8.93. The molecule has 1 heterocycles. The molecule has 0 atom stereocenters. The van der Waals surface area contributed by atoms with E-state index >= 15 is 0 Å². The van der Waals surface area contributed by atoms with Gasteiger partial charge >= 0.3 is 5.35 Å². The van der Waals surface area contributed by atoms with Crippen LogP contribution >= 0.6 is 11.6 Å². The van der Waals surface area contributed by atoms with Gasteiger partial charge in [-0.05, 0) is 30.2 Å². The number of benzene rings is 1. The number of nitro benzene ring substituents is 1. The molecule has 2 rings (SSSR count). The van der Waals surface area contributed by atoms with Gasteiger partial charge in [0.15, 0.2) is 0 Å². The maximum atomic E-state index is 10.5. The highest BCUT2D eigenvalue weighted by Crippen LogP contribution is 2.26. The molecular formula is C9H6ClN3O3. The fourth-order valence-corrected chi connectivity index (χ4v) is 1.43. The molecule has 16 heavy (non-hydrogen) atoms. The molecule has 7 heteroatoms. The van der Waals surface area contributed by atoms with Crippen molar-refractivity contribution >= 4 is 17.3 Å². The summed E-state index contributed by atoms with van der Waals surface area (Å²) < 4.78 is 5.02. The predicted molar refractivity (Wildman–Crippen MR) is 56.1 cm³/mol. The second-order valence-electron chi connectivity index (χ2n) is 3.12. The molecule has 0 aliphatic rings. The second-order valence-corrected chi connectivity index (χ2v) is 3.44. The van der Waals surface area contributed by atoms with Crippen LogP contribution in [0.2, 0.25) is 5.35 Å². The maximum absolute atomic E-state index is 10.5. The van der Waals surface area contributed by atoms with Gasteiger partial charge in [0.05, 0.1) is 4.92 Å². The molecule has 0 N–H and O–H groups in total. The van der Waals surface area contributed by atoms with Crippen molar-refractivity contribution in [2.45, 2.75) is 6.92 Å². The van der Waals surface area contributed by atoms with Gasteiger partial charge in [-0.2, -0.15) is 0 Å². The first-order chi connectivity index (χ1) is 7.58. The van der Waals surface area contributed by atoms with Gasteiger partial charge in [-0.1, -0.05) is 5.10 Å². The quantitative estimate of drug-likeness (QED) is 0.594. The number of nitrogens with zero attached hydrogens (tertiary/aromatic N) is 3. The molecule has 1 aromatic heterocycles. The van der Waals surface area contributed by atoms with Crippen LogP contribution in [0.1, 0.15) is 5.56 Å². The lowest BCUT2D eigenvalue weighted by Gasteiger charge is -1.99. The number of rotatable bonds is 2. The van der Waals surface area contributed by atoms with Crippen molar-refractivity contribution in [3.05, 3.63) is 39.2 Å². The Morgan fingerprint density at radius 1 is 1.44 bits per heavy atom. The van der Waals surface area contributed by atoms with E-state index in [-0.39, 0.29) is 16.9 Å². The van der Waals surface area contributed by atoms with Crippen molar-refractivity contribution in [1.82, 2.24) is 10.2 Å². The number of hydrogen-bond donors (Lipinski definition) is 0. The molecule has 0 aliphatic heterocycles. The van der Waals surface area contributed by atoms with E-state index in [2.05, 4.69) is 10.2 Å². The van der Waals surface area contributed by atoms with Crippen molar-refractivity contribution in [3.63, 3.8) is 0 Å². The molecule has 1 aromatic carbocycles. The zero-order valence-electron chi connectivity index (χ0n) is 8.18. The van der Waals surface area contributed by atoms with E-state index in [0.717, 1.165) is 0 Å². The first-order valence-electron chi connectivity index (χ1n) is 4.32. The molecular weight excluding hydrogens is 234 g/mol. The summed E-state index contributed by atoms with van der Waals surface area (Å²) in [5, 5.41) is 17.7. The molecule has 0 radical (unpaired) electrons. The third-order valence-corrected chi connectivity index (χ3v) is 2.20. The van der Waals surface area contributed by atoms with E-state index in [1.807, 2.05) is 0 Å². The van der Waals surface area contributed by atoms with Gasteiger partial charge in [-0.15, -0.1) is 5.10 Å². The summed E-state index contributed by atoms with van der Waals surface area (Å²) in [7, 11) is 0. The standard InChI is InChI=1S/C9H6ClN3O3/c1-5-4-6(13(14)15)2-3-7(5)8-11-12-9(10)16-8/h2-4H,1H3. The molecule has 0 unspecified atom stereocenters. The Kier molecular flexibility index (Phi) is 2.57. The smallest absolute Gasteiger partial charge is 0.313 e. The Hall–Kier alpha value is -1.95. The Bertz CT molecular complexity index is 553. The van der Waals surface area contributed by atoms with Gasteiger partial charge in [-0.25, -0.2) is 0 Å². The number of hydrogen-bond acceptors (Lipinski definition) is 5. The first kappa shape index (κ1) is 10.6. The lowest BCUT2D eigenvalue weighted by molar-refractivity contribution is -0.384. The Morgan fingerprint density at radius 2 is 2.19 bits per heavy atom. The van der Waals surface area contributed by atoms with Gasteiger partial charge in [-0.3, -0.25) is 10.1 Å². The fraction of sp³-hybridized carbons (Fsp3) is 0.111. The average molecular weight is 240 g/mol. The van der Waals surface area contributed by atoms with Crippen LogP contribution in [-0.4, -0.2) is 15.1 Å². The summed E-state index contributed by atoms with van der Waals surface area (Å²) >= 11 is 5.50. The Morgan fingerprint density at radius 3 is 2.69 bits per heavy atom. The van der Waals surface area contributed by atoms with Crippen molar-refractivity contribution in [2.75, 3.05) is 0 Å². The minimum Gasteiger partial charge on any atom is -0.407 e. The molecule has 0 fully saturated rings. The van der Waals surface area contributed by atoms with E-state index in [1.165, 1.54) is 12.1 Å². The van der Waals surface area contributed by atoms with Crippen LogP contribution in [0.15, 0.2) is 22.6 Å². The van der Waals surface area contributed by atoms with Crippen LogP contribution < -0.4 is 0 Å². The van der Waals surface area contributed by atoms with Crippen molar-refractivity contribution in [1.29, 1.82) is 0 Å². The summed E-state index contributed by atoms with van der Waals surface area (Å²) in [6.07, 6.45) is 0. The minimum absolute atomic E-state index is 0.0202. The second kappa shape index (κ2) is 3.90. The van der Waals surface area contributed by atoms with E-state index in [4.69, 9.17) is 16.0 Å². The third kappa shape index (κ3) is 1.87. The highest BCUT2D eigenvalue weighted by molar-refractivity contribution is 6.27. The zero-order chi connectivity index (χ0) is 11.7. The molecule has 0 saturated carbocycles. The van der Waals surface area contributed by atoms with Crippen LogP contribution in [0.4, 0.5) is 5.69 Å². The highest BCUT2D eigenvalue weighted by atomic mass is 35.5. The Labute approximate surface area is 95.0 Å². The molecule has 2 aromatic rings. The van der Waals surface area contributed by atoms with Crippen LogP contribution in [-0.2, 0) is 0 Å². The lowest BCUT2D eigenvalue weighted by atomic mass is 10.1. The van der Waals surface area contributed by atoms with Crippen LogP contribution in [0.5, 0.6) is 0 Å². The fourth-order valence-electron chi connectivity index (χ4n) is 1.32. The van der Waals surface area contributed by atoms with Crippen molar-refractivity contribution < 1.29 is 9.34 Å². The third-order valence-electron chi connectivity index (χ3n) is 2.05. The summed E-state index contributed by atoms with van der Waals surface area (Å²) in [4.78, 5) is 10.1. The lowest BCUT2D eigenvalue weighted by Crippen LogP contribution is -1.90. The molecule has 0 aliphatic carbocycles. The topological polar surface area (TPSA) is 82.1 Å². The Balaban J connectivity index is 2.47. The summed E-state index contributed by atoms with van der Waals surface area (Å²) in [6, 6.07) is 4.37. The molecule has 82 valence electrons. The van der Waals surface area contributed by atoms with Gasteiger partial charge in [0.2, 0.25) is 5.89 Å². The highest BCUT2D eigenvalue weighted by Gasteiger charge is 2.13. The van der Waals surface area contributed by atoms with Crippen molar-refractivity contribution in [2.24, 2.45) is 0 Å². The average Bonchev–Trinajstić information content (AvgIpc) is 2.64. The normalized spacial score (nSPS) is 10.4. The first-order valence-corrected chi connectivity index (χ1v) is 4.70. The largest absolute Gasteiger partial charge is 0.407 e. The van der Waals surface area contributed by atoms with Gasteiger partial charge < -0.3 is 4.42 Å². The van der Waals surface area contributed by atoms with Gasteiger partial charge in [0.25, 0.3) is 5.69 Å². The van der Waals surface area contributed by atoms with E-state index in [0.29, 0.717) is 11.1 Å². The summed E-state index contributed by atoms with van der Waals surface area (Å²) in [5.74, 6) is 0.248. The number of non-ortho nitro benzene ring substituents is 1. The number of aromatic nitrogens is 2. The predicted octanol–water partition coefficient (Wildman–Crippen LogP) is 2.61. The summed E-state index contributed by atoms with van der Waals surface area (Å²) in [6.45, 7) is 1.72.